The van der Waals surface area contributed by atoms with Crippen molar-refractivity contribution >= 4 is 17.1 Å². The molecule has 0 amide bonds. The van der Waals surface area contributed by atoms with Crippen molar-refractivity contribution in [2.75, 3.05) is 54.9 Å². The van der Waals surface area contributed by atoms with Gasteiger partial charge < -0.3 is 25.7 Å². The topological polar surface area (TPSA) is 67.8 Å². The number of aliphatic hydroxyl groups excluding tert-OH is 2. The molecule has 3 aromatic carbocycles. The lowest BCUT2D eigenvalue weighted by atomic mass is 9.77. The number of hydrogen-bond acceptors (Lipinski definition) is 5. The molecule has 0 aliphatic rings. The Morgan fingerprint density at radius 1 is 0.658 bits per heavy atom. The molecule has 0 aliphatic heterocycles. The molecule has 0 unspecified atom stereocenters. The van der Waals surface area contributed by atoms with Gasteiger partial charge in [-0.2, -0.15) is 0 Å². The largest absolute Gasteiger partial charge is 0.395 e. The van der Waals surface area contributed by atoms with E-state index >= 15 is 0 Å². The summed E-state index contributed by atoms with van der Waals surface area (Å²) in [4.78, 5) is 2.37. The highest BCUT2D eigenvalue weighted by Crippen LogP contribution is 2.45. The summed E-state index contributed by atoms with van der Waals surface area (Å²) in [6, 6.07) is 18.0. The van der Waals surface area contributed by atoms with E-state index in [2.05, 4.69) is 106 Å². The number of hydrogen-bond donors (Lipinski definition) is 4. The fourth-order valence-electron chi connectivity index (χ4n) is 5.59. The molecule has 206 valence electrons. The van der Waals surface area contributed by atoms with E-state index in [-0.39, 0.29) is 19.1 Å². The molecule has 0 bridgehead atoms. The summed E-state index contributed by atoms with van der Waals surface area (Å²) >= 11 is 0. The van der Waals surface area contributed by atoms with Gasteiger partial charge in [0.15, 0.2) is 0 Å². The van der Waals surface area contributed by atoms with Gasteiger partial charge in [-0.1, -0.05) is 50.2 Å². The van der Waals surface area contributed by atoms with Gasteiger partial charge in [-0.25, -0.2) is 0 Å². The minimum absolute atomic E-state index is 0.0205. The van der Waals surface area contributed by atoms with Gasteiger partial charge in [0.2, 0.25) is 0 Å². The van der Waals surface area contributed by atoms with Gasteiger partial charge in [-0.15, -0.1) is 0 Å². The molecule has 5 heteroatoms. The SMILES string of the molecule is CCc1ccc(C)c(NCCO)c1C(c1ccc(N(CC)CC)cc1)c1c(CC)ccc(C)c1NCCO. The number of nitrogens with zero attached hydrogens (tertiary/aromatic N) is 1. The lowest BCUT2D eigenvalue weighted by Gasteiger charge is -2.31. The monoisotopic (exact) mass is 517 g/mol. The minimum atomic E-state index is -0.0205. The normalized spacial score (nSPS) is 11.2. The summed E-state index contributed by atoms with van der Waals surface area (Å²) in [5.74, 6) is -0.0205. The molecule has 0 saturated heterocycles. The molecule has 0 radical (unpaired) electrons. The molecule has 0 spiro atoms. The third-order valence-corrected chi connectivity index (χ3v) is 7.61. The van der Waals surface area contributed by atoms with Crippen LogP contribution in [0.25, 0.3) is 0 Å². The van der Waals surface area contributed by atoms with Gasteiger partial charge in [-0.3, -0.25) is 0 Å². The summed E-state index contributed by atoms with van der Waals surface area (Å²) in [6.45, 7) is 16.2. The number of aliphatic hydroxyl groups is 2. The zero-order valence-electron chi connectivity index (χ0n) is 24.2. The Morgan fingerprint density at radius 3 is 1.47 bits per heavy atom. The van der Waals surface area contributed by atoms with Crippen LogP contribution in [0.3, 0.4) is 0 Å². The van der Waals surface area contributed by atoms with Crippen molar-refractivity contribution in [1.82, 2.24) is 0 Å². The Morgan fingerprint density at radius 2 is 1.11 bits per heavy atom. The van der Waals surface area contributed by atoms with Crippen molar-refractivity contribution in [3.63, 3.8) is 0 Å². The maximum absolute atomic E-state index is 9.70. The maximum atomic E-state index is 9.70. The Labute approximate surface area is 229 Å². The summed E-state index contributed by atoms with van der Waals surface area (Å²) in [6.07, 6.45) is 1.81. The van der Waals surface area contributed by atoms with E-state index in [4.69, 9.17) is 0 Å². The Kier molecular flexibility index (Phi) is 11.1. The van der Waals surface area contributed by atoms with Crippen LogP contribution in [0.4, 0.5) is 17.1 Å². The number of rotatable bonds is 14. The molecule has 5 nitrogen and oxygen atoms in total. The lowest BCUT2D eigenvalue weighted by molar-refractivity contribution is 0.310. The van der Waals surface area contributed by atoms with Crippen molar-refractivity contribution < 1.29 is 10.2 Å². The van der Waals surface area contributed by atoms with E-state index in [0.29, 0.717) is 13.1 Å². The number of benzene rings is 3. The first-order chi connectivity index (χ1) is 18.4. The Balaban J connectivity index is 2.40. The highest BCUT2D eigenvalue weighted by molar-refractivity contribution is 5.72. The third kappa shape index (κ3) is 6.33. The molecular formula is C33H47N3O2. The molecule has 0 aliphatic carbocycles. The predicted molar refractivity (Wildman–Crippen MR) is 163 cm³/mol. The Hall–Kier alpha value is -3.02. The first kappa shape index (κ1) is 29.5. The quantitative estimate of drug-likeness (QED) is 0.190. The van der Waals surface area contributed by atoms with Crippen LogP contribution in [-0.4, -0.2) is 49.6 Å². The van der Waals surface area contributed by atoms with Crippen LogP contribution in [0, 0.1) is 13.8 Å². The highest BCUT2D eigenvalue weighted by Gasteiger charge is 2.28. The van der Waals surface area contributed by atoms with Crippen molar-refractivity contribution in [2.24, 2.45) is 0 Å². The molecule has 3 aromatic rings. The van der Waals surface area contributed by atoms with Gasteiger partial charge in [0.25, 0.3) is 0 Å². The first-order valence-electron chi connectivity index (χ1n) is 14.2. The molecule has 0 fully saturated rings. The van der Waals surface area contributed by atoms with E-state index in [1.165, 1.54) is 44.6 Å². The molecule has 0 saturated carbocycles. The number of nitrogens with one attached hydrogen (secondary N) is 2. The predicted octanol–water partition coefficient (Wildman–Crippen LogP) is 6.26. The lowest BCUT2D eigenvalue weighted by Crippen LogP contribution is -2.22. The third-order valence-electron chi connectivity index (χ3n) is 7.61. The number of anilines is 3. The number of aryl methyl sites for hydroxylation is 4. The summed E-state index contributed by atoms with van der Waals surface area (Å²) in [5, 5.41) is 26.5. The average molecular weight is 518 g/mol. The fourth-order valence-corrected chi connectivity index (χ4v) is 5.59. The second kappa shape index (κ2) is 14.2. The van der Waals surface area contributed by atoms with Crippen LogP contribution in [0.2, 0.25) is 0 Å². The highest BCUT2D eigenvalue weighted by atomic mass is 16.3. The van der Waals surface area contributed by atoms with Gasteiger partial charge >= 0.3 is 0 Å². The molecule has 0 atom stereocenters. The van der Waals surface area contributed by atoms with Crippen LogP contribution in [0.1, 0.15) is 72.6 Å². The molecular weight excluding hydrogens is 470 g/mol. The maximum Gasteiger partial charge on any atom is 0.0604 e. The summed E-state index contributed by atoms with van der Waals surface area (Å²) in [5.41, 5.74) is 12.1. The Bertz CT molecular complexity index is 1100. The molecule has 0 aromatic heterocycles. The second-order valence-electron chi connectivity index (χ2n) is 9.87. The smallest absolute Gasteiger partial charge is 0.0604 e. The fraction of sp³-hybridized carbons (Fsp3) is 0.455. The van der Waals surface area contributed by atoms with Crippen LogP contribution in [0.5, 0.6) is 0 Å². The van der Waals surface area contributed by atoms with E-state index in [1.54, 1.807) is 0 Å². The minimum Gasteiger partial charge on any atom is -0.395 e. The first-order valence-corrected chi connectivity index (χ1v) is 14.2. The standard InChI is InChI=1S/C33H47N3O2/c1-7-25-13-11-23(5)32(34-19-21-37)30(25)29(27-15-17-28(18-16-27)36(9-3)10-4)31-26(8-2)14-12-24(6)33(31)35-20-22-38/h11-18,29,34-35,37-38H,7-10,19-22H2,1-6H3. The van der Waals surface area contributed by atoms with Gasteiger partial charge in [0.05, 0.1) is 13.2 Å². The van der Waals surface area contributed by atoms with Crippen molar-refractivity contribution in [2.45, 2.75) is 60.3 Å². The van der Waals surface area contributed by atoms with Crippen molar-refractivity contribution in [3.05, 3.63) is 87.5 Å². The van der Waals surface area contributed by atoms with Crippen LogP contribution in [0.15, 0.2) is 48.5 Å². The van der Waals surface area contributed by atoms with E-state index in [0.717, 1.165) is 37.3 Å². The van der Waals surface area contributed by atoms with Crippen molar-refractivity contribution in [1.29, 1.82) is 0 Å². The van der Waals surface area contributed by atoms with Crippen LogP contribution in [-0.2, 0) is 12.8 Å². The molecule has 3 rings (SSSR count). The van der Waals surface area contributed by atoms with E-state index in [1.807, 2.05) is 0 Å². The average Bonchev–Trinajstić information content (AvgIpc) is 2.94. The zero-order chi connectivity index (χ0) is 27.7. The van der Waals surface area contributed by atoms with Gasteiger partial charge in [-0.05, 0) is 91.6 Å². The summed E-state index contributed by atoms with van der Waals surface area (Å²) < 4.78 is 0. The molecule has 0 heterocycles. The summed E-state index contributed by atoms with van der Waals surface area (Å²) in [7, 11) is 0. The molecule has 38 heavy (non-hydrogen) atoms. The van der Waals surface area contributed by atoms with Crippen LogP contribution < -0.4 is 15.5 Å². The molecule has 4 N–H and O–H groups in total. The van der Waals surface area contributed by atoms with E-state index < -0.39 is 0 Å². The second-order valence-corrected chi connectivity index (χ2v) is 9.87. The van der Waals surface area contributed by atoms with Crippen LogP contribution >= 0.6 is 0 Å². The zero-order valence-corrected chi connectivity index (χ0v) is 24.2. The van der Waals surface area contributed by atoms with Gasteiger partial charge in [0.1, 0.15) is 0 Å². The van der Waals surface area contributed by atoms with Gasteiger partial charge in [0, 0.05) is 49.2 Å². The van der Waals surface area contributed by atoms with E-state index in [9.17, 15) is 10.2 Å². The van der Waals surface area contributed by atoms with Crippen molar-refractivity contribution in [3.8, 4) is 0 Å².